The van der Waals surface area contributed by atoms with Gasteiger partial charge in [0.1, 0.15) is 10.6 Å². The monoisotopic (exact) mass is 258 g/mol. The molecule has 76 valence electrons. The molecule has 0 fully saturated rings. The zero-order valence-electron chi connectivity index (χ0n) is 7.74. The highest BCUT2D eigenvalue weighted by molar-refractivity contribution is 9.10. The summed E-state index contributed by atoms with van der Waals surface area (Å²) in [5, 5.41) is 8.72. The third-order valence-corrected chi connectivity index (χ3v) is 2.58. The molecule has 3 nitrogen and oxygen atoms in total. The molecule has 0 aliphatic carbocycles. The summed E-state index contributed by atoms with van der Waals surface area (Å²) in [5.74, 6) is -0.144. The first kappa shape index (κ1) is 11.0. The predicted octanol–water partition coefficient (Wildman–Crippen LogP) is 2.09. The minimum atomic E-state index is -0.865. The molecule has 0 aliphatic heterocycles. The van der Waals surface area contributed by atoms with E-state index >= 15 is 0 Å². The van der Waals surface area contributed by atoms with Gasteiger partial charge in [0.25, 0.3) is 0 Å². The Kier molecular flexibility index (Phi) is 3.95. The van der Waals surface area contributed by atoms with Gasteiger partial charge in [0, 0.05) is 0 Å². The van der Waals surface area contributed by atoms with E-state index in [-0.39, 0.29) is 0 Å². The van der Waals surface area contributed by atoms with E-state index in [0.717, 1.165) is 11.3 Å². The minimum Gasteiger partial charge on any atom is -0.496 e. The zero-order valence-corrected chi connectivity index (χ0v) is 9.32. The first-order chi connectivity index (χ1) is 6.65. The van der Waals surface area contributed by atoms with Gasteiger partial charge < -0.3 is 9.84 Å². The first-order valence-electron chi connectivity index (χ1n) is 4.14. The van der Waals surface area contributed by atoms with Crippen molar-refractivity contribution in [3.05, 3.63) is 29.8 Å². The zero-order chi connectivity index (χ0) is 10.6. The van der Waals surface area contributed by atoms with Gasteiger partial charge in [-0.25, -0.2) is 0 Å². The Morgan fingerprint density at radius 1 is 1.57 bits per heavy atom. The maximum Gasteiger partial charge on any atom is 0.317 e. The van der Waals surface area contributed by atoms with Crippen LogP contribution >= 0.6 is 15.9 Å². The summed E-state index contributed by atoms with van der Waals surface area (Å²) in [6.45, 7) is 0. The van der Waals surface area contributed by atoms with E-state index in [0.29, 0.717) is 6.42 Å². The van der Waals surface area contributed by atoms with Crippen molar-refractivity contribution in [3.63, 3.8) is 0 Å². The summed E-state index contributed by atoms with van der Waals surface area (Å²) in [7, 11) is 1.57. The minimum absolute atomic E-state index is 0.416. The molecule has 0 radical (unpaired) electrons. The molecule has 1 aromatic rings. The number of hydrogen-bond donors (Lipinski definition) is 1. The molecule has 0 spiro atoms. The van der Waals surface area contributed by atoms with Crippen molar-refractivity contribution in [1.29, 1.82) is 0 Å². The molecular weight excluding hydrogens is 248 g/mol. The van der Waals surface area contributed by atoms with Crippen LogP contribution in [0.5, 0.6) is 5.75 Å². The van der Waals surface area contributed by atoms with Gasteiger partial charge in [-0.3, -0.25) is 4.79 Å². The number of rotatable bonds is 4. The number of carbonyl (C=O) groups is 1. The SMILES string of the molecule is COc1ccccc1CC(Br)C(=O)O. The number of benzene rings is 1. The highest BCUT2D eigenvalue weighted by Gasteiger charge is 2.15. The fourth-order valence-corrected chi connectivity index (χ4v) is 1.50. The molecule has 1 aromatic carbocycles. The lowest BCUT2D eigenvalue weighted by Gasteiger charge is -2.09. The smallest absolute Gasteiger partial charge is 0.317 e. The van der Waals surface area contributed by atoms with Crippen molar-refractivity contribution in [1.82, 2.24) is 0 Å². The van der Waals surface area contributed by atoms with Crippen molar-refractivity contribution < 1.29 is 14.6 Å². The molecule has 1 N–H and O–H groups in total. The van der Waals surface area contributed by atoms with E-state index in [1.807, 2.05) is 24.3 Å². The summed E-state index contributed by atoms with van der Waals surface area (Å²) in [6.07, 6.45) is 0.416. The second-order valence-corrected chi connectivity index (χ2v) is 3.93. The lowest BCUT2D eigenvalue weighted by Crippen LogP contribution is -2.15. The van der Waals surface area contributed by atoms with Gasteiger partial charge in [-0.15, -0.1) is 0 Å². The second-order valence-electron chi connectivity index (χ2n) is 2.82. The average Bonchev–Trinajstić information content (AvgIpc) is 2.18. The topological polar surface area (TPSA) is 46.5 Å². The van der Waals surface area contributed by atoms with Gasteiger partial charge in [-0.2, -0.15) is 0 Å². The van der Waals surface area contributed by atoms with E-state index in [9.17, 15) is 4.79 Å². The highest BCUT2D eigenvalue weighted by atomic mass is 79.9. The van der Waals surface area contributed by atoms with Crippen LogP contribution < -0.4 is 4.74 Å². The Bertz CT molecular complexity index is 325. The number of para-hydroxylation sites is 1. The summed E-state index contributed by atoms with van der Waals surface area (Å²) < 4.78 is 5.11. The maximum absolute atomic E-state index is 10.6. The van der Waals surface area contributed by atoms with Gasteiger partial charge in [0.2, 0.25) is 0 Å². The second kappa shape index (κ2) is 5.00. The summed E-state index contributed by atoms with van der Waals surface area (Å²) in [4.78, 5) is 10.0. The van der Waals surface area contributed by atoms with Gasteiger partial charge in [-0.05, 0) is 18.1 Å². The number of hydrogen-bond acceptors (Lipinski definition) is 2. The molecule has 0 heterocycles. The standard InChI is InChI=1S/C10H11BrO3/c1-14-9-5-3-2-4-7(9)6-8(11)10(12)13/h2-5,8H,6H2,1H3,(H,12,13). The molecule has 0 aliphatic rings. The summed E-state index contributed by atoms with van der Waals surface area (Å²) in [6, 6.07) is 7.39. The Labute approximate surface area is 90.8 Å². The molecule has 0 amide bonds. The van der Waals surface area contributed by atoms with Gasteiger partial charge >= 0.3 is 5.97 Å². The van der Waals surface area contributed by atoms with E-state index in [1.54, 1.807) is 7.11 Å². The fourth-order valence-electron chi connectivity index (χ4n) is 1.15. The number of alkyl halides is 1. The van der Waals surface area contributed by atoms with Crippen LogP contribution in [-0.2, 0) is 11.2 Å². The third-order valence-electron chi connectivity index (χ3n) is 1.86. The van der Waals surface area contributed by atoms with Gasteiger partial charge in [0.15, 0.2) is 0 Å². The Morgan fingerprint density at radius 2 is 2.21 bits per heavy atom. The van der Waals surface area contributed by atoms with Crippen LogP contribution in [0.15, 0.2) is 24.3 Å². The summed E-state index contributed by atoms with van der Waals surface area (Å²) >= 11 is 3.09. The number of methoxy groups -OCH3 is 1. The molecular formula is C10H11BrO3. The van der Waals surface area contributed by atoms with Crippen molar-refractivity contribution in [3.8, 4) is 5.75 Å². The Morgan fingerprint density at radius 3 is 2.79 bits per heavy atom. The van der Waals surface area contributed by atoms with Crippen LogP contribution in [0.2, 0.25) is 0 Å². The van der Waals surface area contributed by atoms with Crippen LogP contribution in [-0.4, -0.2) is 23.0 Å². The lowest BCUT2D eigenvalue weighted by atomic mass is 10.1. The fraction of sp³-hybridized carbons (Fsp3) is 0.300. The first-order valence-corrected chi connectivity index (χ1v) is 5.05. The normalized spacial score (nSPS) is 12.1. The van der Waals surface area contributed by atoms with Crippen molar-refractivity contribution >= 4 is 21.9 Å². The number of carboxylic acid groups (broad SMARTS) is 1. The third kappa shape index (κ3) is 2.73. The number of ether oxygens (including phenoxy) is 1. The average molecular weight is 259 g/mol. The molecule has 0 bridgehead atoms. The molecule has 1 rings (SSSR count). The quantitative estimate of drug-likeness (QED) is 0.842. The number of halogens is 1. The Balaban J connectivity index is 2.80. The van der Waals surface area contributed by atoms with E-state index in [2.05, 4.69) is 15.9 Å². The Hall–Kier alpha value is -1.03. The molecule has 1 atom stereocenters. The molecule has 0 saturated carbocycles. The van der Waals surface area contributed by atoms with Gasteiger partial charge in [0.05, 0.1) is 7.11 Å². The molecule has 14 heavy (non-hydrogen) atoms. The lowest BCUT2D eigenvalue weighted by molar-refractivity contribution is -0.136. The van der Waals surface area contributed by atoms with E-state index in [4.69, 9.17) is 9.84 Å². The van der Waals surface area contributed by atoms with Crippen molar-refractivity contribution in [2.75, 3.05) is 7.11 Å². The van der Waals surface area contributed by atoms with Crippen LogP contribution in [0.1, 0.15) is 5.56 Å². The molecule has 0 saturated heterocycles. The van der Waals surface area contributed by atoms with E-state index < -0.39 is 10.8 Å². The molecule has 1 unspecified atom stereocenters. The van der Waals surface area contributed by atoms with Crippen LogP contribution in [0.3, 0.4) is 0 Å². The largest absolute Gasteiger partial charge is 0.496 e. The summed E-state index contributed by atoms with van der Waals surface area (Å²) in [5.41, 5.74) is 0.888. The molecule has 0 aromatic heterocycles. The maximum atomic E-state index is 10.6. The van der Waals surface area contributed by atoms with Crippen LogP contribution in [0, 0.1) is 0 Å². The number of carboxylic acids is 1. The van der Waals surface area contributed by atoms with Crippen molar-refractivity contribution in [2.24, 2.45) is 0 Å². The predicted molar refractivity (Wildman–Crippen MR) is 57.0 cm³/mol. The molecule has 4 heteroatoms. The highest BCUT2D eigenvalue weighted by Crippen LogP contribution is 2.21. The number of aliphatic carboxylic acids is 1. The van der Waals surface area contributed by atoms with Crippen LogP contribution in [0.25, 0.3) is 0 Å². The van der Waals surface area contributed by atoms with Crippen molar-refractivity contribution in [2.45, 2.75) is 11.2 Å². The van der Waals surface area contributed by atoms with E-state index in [1.165, 1.54) is 0 Å². The van der Waals surface area contributed by atoms with Crippen LogP contribution in [0.4, 0.5) is 0 Å². The van der Waals surface area contributed by atoms with Gasteiger partial charge in [-0.1, -0.05) is 34.1 Å².